The number of fused-ring (bicyclic) bond motifs is 2. The SMILES string of the molecule is O=C1C(=O)N(c2nc3ccc(F)cc3s2)[C@@H](c2ccc3c(c2)OCO3)C1=C(O)c1ccc(F)cc1. The first-order valence-electron chi connectivity index (χ1n) is 10.4. The Morgan fingerprint density at radius 1 is 0.971 bits per heavy atom. The van der Waals surface area contributed by atoms with Gasteiger partial charge in [0, 0.05) is 5.56 Å². The van der Waals surface area contributed by atoms with Crippen LogP contribution in [0.25, 0.3) is 16.0 Å². The Bertz CT molecular complexity index is 1560. The molecule has 1 fully saturated rings. The van der Waals surface area contributed by atoms with Gasteiger partial charge in [0.2, 0.25) is 6.79 Å². The zero-order chi connectivity index (χ0) is 24.3. The highest BCUT2D eigenvalue weighted by Gasteiger charge is 2.48. The van der Waals surface area contributed by atoms with Crippen LogP contribution in [0.5, 0.6) is 11.5 Å². The van der Waals surface area contributed by atoms with E-state index in [4.69, 9.17) is 9.47 Å². The van der Waals surface area contributed by atoms with Gasteiger partial charge in [-0.05, 0) is 60.2 Å². The molecular weight excluding hydrogens is 478 g/mol. The molecule has 1 aromatic heterocycles. The number of benzene rings is 3. The number of Topliss-reactive ketones (excluding diaryl/α,β-unsaturated/α-hetero) is 1. The predicted molar refractivity (Wildman–Crippen MR) is 123 cm³/mol. The number of carbonyl (C=O) groups is 2. The van der Waals surface area contributed by atoms with E-state index in [0.29, 0.717) is 27.3 Å². The Kier molecular flexibility index (Phi) is 4.78. The first-order valence-corrected chi connectivity index (χ1v) is 11.2. The number of ether oxygens (including phenoxy) is 2. The van der Waals surface area contributed by atoms with Crippen LogP contribution < -0.4 is 14.4 Å². The molecule has 1 saturated heterocycles. The third-order valence-electron chi connectivity index (χ3n) is 5.82. The van der Waals surface area contributed by atoms with Gasteiger partial charge in [-0.3, -0.25) is 14.5 Å². The number of thiazole rings is 1. The Balaban J connectivity index is 1.57. The predicted octanol–water partition coefficient (Wildman–Crippen LogP) is 4.93. The Hall–Kier alpha value is -4.31. The molecule has 0 spiro atoms. The number of amides is 1. The molecule has 1 N–H and O–H groups in total. The van der Waals surface area contributed by atoms with Crippen molar-refractivity contribution in [2.24, 2.45) is 0 Å². The molecule has 0 saturated carbocycles. The highest BCUT2D eigenvalue weighted by molar-refractivity contribution is 7.22. The molecule has 0 bridgehead atoms. The van der Waals surface area contributed by atoms with Gasteiger partial charge in [0.15, 0.2) is 16.6 Å². The van der Waals surface area contributed by atoms with Crippen molar-refractivity contribution in [2.75, 3.05) is 11.7 Å². The van der Waals surface area contributed by atoms with Gasteiger partial charge in [-0.1, -0.05) is 17.4 Å². The highest BCUT2D eigenvalue weighted by Crippen LogP contribution is 2.46. The molecule has 174 valence electrons. The molecule has 0 radical (unpaired) electrons. The standard InChI is InChI=1S/C25H14F2N2O5S/c26-14-4-1-12(2-5-14)22(30)20-21(13-3-8-17-18(9-13)34-11-33-17)29(24(32)23(20)31)25-28-16-7-6-15(27)10-19(16)35-25/h1-10,21,30H,11H2/t21-/m0/s1. The molecule has 0 aliphatic carbocycles. The number of hydrogen-bond donors (Lipinski definition) is 1. The average molecular weight is 492 g/mol. The van der Waals surface area contributed by atoms with Crippen LogP contribution in [0, 0.1) is 11.6 Å². The fourth-order valence-electron chi connectivity index (χ4n) is 4.18. The quantitative estimate of drug-likeness (QED) is 0.248. The van der Waals surface area contributed by atoms with Crippen LogP contribution in [0.3, 0.4) is 0 Å². The van der Waals surface area contributed by atoms with Gasteiger partial charge in [-0.25, -0.2) is 13.8 Å². The molecule has 3 aromatic carbocycles. The summed E-state index contributed by atoms with van der Waals surface area (Å²) in [5.74, 6) is -2.35. The number of ketones is 1. The monoisotopic (exact) mass is 492 g/mol. The van der Waals surface area contributed by atoms with Gasteiger partial charge in [0.1, 0.15) is 17.4 Å². The third-order valence-corrected chi connectivity index (χ3v) is 6.84. The van der Waals surface area contributed by atoms with Gasteiger partial charge in [-0.2, -0.15) is 0 Å². The van der Waals surface area contributed by atoms with Crippen LogP contribution in [0.1, 0.15) is 17.2 Å². The Labute approximate surface area is 200 Å². The average Bonchev–Trinajstić information content (AvgIpc) is 3.54. The maximum Gasteiger partial charge on any atom is 0.301 e. The zero-order valence-corrected chi connectivity index (χ0v) is 18.5. The zero-order valence-electron chi connectivity index (χ0n) is 17.7. The lowest BCUT2D eigenvalue weighted by Gasteiger charge is -2.23. The van der Waals surface area contributed by atoms with Crippen LogP contribution in [0.2, 0.25) is 0 Å². The number of aromatic nitrogens is 1. The summed E-state index contributed by atoms with van der Waals surface area (Å²) in [6.45, 7) is 0.0258. The second-order valence-corrected chi connectivity index (χ2v) is 8.91. The van der Waals surface area contributed by atoms with Gasteiger partial charge in [0.05, 0.1) is 21.8 Å². The van der Waals surface area contributed by atoms with E-state index in [9.17, 15) is 23.5 Å². The minimum Gasteiger partial charge on any atom is -0.507 e. The lowest BCUT2D eigenvalue weighted by atomic mass is 9.95. The lowest BCUT2D eigenvalue weighted by Crippen LogP contribution is -2.29. The minimum atomic E-state index is -1.07. The fraction of sp³-hybridized carbons (Fsp3) is 0.0800. The molecule has 0 unspecified atom stereocenters. The number of nitrogens with zero attached hydrogens (tertiary/aromatic N) is 2. The number of carbonyl (C=O) groups excluding carboxylic acids is 2. The number of halogens is 2. The molecular formula is C25H14F2N2O5S. The summed E-state index contributed by atoms with van der Waals surface area (Å²) in [4.78, 5) is 32.1. The smallest absolute Gasteiger partial charge is 0.301 e. The fourth-order valence-corrected chi connectivity index (χ4v) is 5.20. The lowest BCUT2D eigenvalue weighted by molar-refractivity contribution is -0.132. The summed E-state index contributed by atoms with van der Waals surface area (Å²) in [7, 11) is 0. The summed E-state index contributed by atoms with van der Waals surface area (Å²) in [6.07, 6.45) is 0. The van der Waals surface area contributed by atoms with Crippen molar-refractivity contribution in [1.82, 2.24) is 4.98 Å². The Morgan fingerprint density at radius 2 is 1.71 bits per heavy atom. The maximum atomic E-state index is 13.8. The number of aliphatic hydroxyl groups excluding tert-OH is 1. The van der Waals surface area contributed by atoms with E-state index < -0.39 is 35.1 Å². The summed E-state index contributed by atoms with van der Waals surface area (Å²) in [5, 5.41) is 11.3. The Morgan fingerprint density at radius 3 is 2.51 bits per heavy atom. The molecule has 4 aromatic rings. The molecule has 10 heteroatoms. The van der Waals surface area contributed by atoms with E-state index in [-0.39, 0.29) is 23.1 Å². The molecule has 1 atom stereocenters. The molecule has 3 heterocycles. The van der Waals surface area contributed by atoms with E-state index in [1.807, 2.05) is 0 Å². The number of anilines is 1. The van der Waals surface area contributed by atoms with Crippen molar-refractivity contribution >= 4 is 44.1 Å². The van der Waals surface area contributed by atoms with E-state index in [2.05, 4.69) is 4.98 Å². The first-order chi connectivity index (χ1) is 16.9. The van der Waals surface area contributed by atoms with Gasteiger partial charge in [-0.15, -0.1) is 0 Å². The van der Waals surface area contributed by atoms with E-state index in [1.165, 1.54) is 35.2 Å². The van der Waals surface area contributed by atoms with Crippen molar-refractivity contribution in [1.29, 1.82) is 0 Å². The van der Waals surface area contributed by atoms with E-state index >= 15 is 0 Å². The van der Waals surface area contributed by atoms with E-state index in [1.54, 1.807) is 18.2 Å². The first kappa shape index (κ1) is 21.2. The summed E-state index contributed by atoms with van der Waals surface area (Å²) in [6, 6.07) is 12.8. The van der Waals surface area contributed by atoms with Crippen molar-refractivity contribution in [3.63, 3.8) is 0 Å². The van der Waals surface area contributed by atoms with Crippen LogP contribution in [0.4, 0.5) is 13.9 Å². The maximum absolute atomic E-state index is 13.8. The summed E-state index contributed by atoms with van der Waals surface area (Å²) < 4.78 is 38.5. The van der Waals surface area contributed by atoms with Crippen molar-refractivity contribution in [3.05, 3.63) is 89.0 Å². The number of hydrogen-bond acceptors (Lipinski definition) is 7. The number of rotatable bonds is 3. The minimum absolute atomic E-state index is 0.0258. The van der Waals surface area contributed by atoms with Gasteiger partial charge >= 0.3 is 5.91 Å². The van der Waals surface area contributed by atoms with Crippen LogP contribution in [0.15, 0.2) is 66.2 Å². The van der Waals surface area contributed by atoms with Crippen molar-refractivity contribution in [3.8, 4) is 11.5 Å². The molecule has 35 heavy (non-hydrogen) atoms. The normalized spacial score (nSPS) is 18.6. The highest BCUT2D eigenvalue weighted by atomic mass is 32.1. The van der Waals surface area contributed by atoms with Crippen LogP contribution >= 0.6 is 11.3 Å². The second-order valence-electron chi connectivity index (χ2n) is 7.90. The molecule has 2 aliphatic rings. The van der Waals surface area contributed by atoms with Gasteiger partial charge in [0.25, 0.3) is 5.78 Å². The summed E-state index contributed by atoms with van der Waals surface area (Å²) in [5.41, 5.74) is 0.895. The van der Waals surface area contributed by atoms with Crippen LogP contribution in [-0.2, 0) is 9.59 Å². The topological polar surface area (TPSA) is 89.0 Å². The van der Waals surface area contributed by atoms with Gasteiger partial charge < -0.3 is 14.6 Å². The molecule has 2 aliphatic heterocycles. The second kappa shape index (κ2) is 7.88. The third kappa shape index (κ3) is 3.41. The molecule has 7 nitrogen and oxygen atoms in total. The summed E-state index contributed by atoms with van der Waals surface area (Å²) >= 11 is 1.04. The largest absolute Gasteiger partial charge is 0.507 e. The number of aliphatic hydroxyl groups is 1. The van der Waals surface area contributed by atoms with E-state index in [0.717, 1.165) is 23.5 Å². The molecule has 6 rings (SSSR count). The van der Waals surface area contributed by atoms with Crippen LogP contribution in [-0.4, -0.2) is 28.6 Å². The van der Waals surface area contributed by atoms with Crippen molar-refractivity contribution < 1.29 is 33.0 Å². The van der Waals surface area contributed by atoms with Crippen molar-refractivity contribution in [2.45, 2.75) is 6.04 Å². The molecule has 1 amide bonds.